The molecule has 1 atom stereocenters. The molecule has 0 rings (SSSR count). The van der Waals surface area contributed by atoms with Crippen molar-refractivity contribution in [1.82, 2.24) is 0 Å². The minimum Gasteiger partial charge on any atom is -0.384 e. The van der Waals surface area contributed by atoms with Crippen molar-refractivity contribution in [3.8, 4) is 0 Å². The van der Waals surface area contributed by atoms with E-state index in [0.717, 1.165) is 12.8 Å². The van der Waals surface area contributed by atoms with Crippen molar-refractivity contribution in [2.45, 2.75) is 125 Å². The zero-order valence-corrected chi connectivity index (χ0v) is 20.4. The standard InChI is InChI=1S/C21H44O4.C3H6/c1-9-10-11-12-13-14-15-20(16-22-8)21(23-17(2)3,24-18(4)5)25-19(6)7;1-3-2/h17-20H,9-16H2,1-8H3;3H,1H2,2H3. The summed E-state index contributed by atoms with van der Waals surface area (Å²) in [5.74, 6) is -0.994. The molecule has 0 N–H and O–H groups in total. The van der Waals surface area contributed by atoms with E-state index in [1.807, 2.05) is 48.5 Å². The molecule has 0 aromatic heterocycles. The molecule has 0 amide bonds. The highest BCUT2D eigenvalue weighted by atomic mass is 16.9. The van der Waals surface area contributed by atoms with E-state index in [9.17, 15) is 0 Å². The molecule has 0 spiro atoms. The van der Waals surface area contributed by atoms with Gasteiger partial charge in [0.1, 0.15) is 0 Å². The summed E-state index contributed by atoms with van der Waals surface area (Å²) < 4.78 is 24.2. The molecule has 0 heterocycles. The van der Waals surface area contributed by atoms with Gasteiger partial charge < -0.3 is 18.9 Å². The number of hydrogen-bond donors (Lipinski definition) is 0. The fourth-order valence-electron chi connectivity index (χ4n) is 3.09. The quantitative estimate of drug-likeness (QED) is 0.156. The van der Waals surface area contributed by atoms with Crippen LogP contribution in [-0.4, -0.2) is 38.0 Å². The van der Waals surface area contributed by atoms with Gasteiger partial charge in [-0.1, -0.05) is 51.5 Å². The van der Waals surface area contributed by atoms with Crippen LogP contribution in [0.25, 0.3) is 0 Å². The van der Waals surface area contributed by atoms with Crippen molar-refractivity contribution >= 4 is 0 Å². The number of methoxy groups -OCH3 is 1. The lowest BCUT2D eigenvalue weighted by Crippen LogP contribution is -2.52. The van der Waals surface area contributed by atoms with E-state index >= 15 is 0 Å². The summed E-state index contributed by atoms with van der Waals surface area (Å²) in [5, 5.41) is 0. The predicted octanol–water partition coefficient (Wildman–Crippen LogP) is 7.12. The first-order valence-corrected chi connectivity index (χ1v) is 11.3. The average molecular weight is 403 g/mol. The van der Waals surface area contributed by atoms with Crippen LogP contribution < -0.4 is 0 Å². The smallest absolute Gasteiger partial charge is 0.288 e. The summed E-state index contributed by atoms with van der Waals surface area (Å²) in [4.78, 5) is 0. The third-order valence-corrected chi connectivity index (χ3v) is 3.97. The molecule has 0 fully saturated rings. The fourth-order valence-corrected chi connectivity index (χ4v) is 3.09. The third-order valence-electron chi connectivity index (χ3n) is 3.97. The molecule has 170 valence electrons. The minimum atomic E-state index is -1.05. The Bertz CT molecular complexity index is 313. The SMILES string of the molecule is C=CC.CCCCCCCCC(COC)C(OC(C)C)(OC(C)C)OC(C)C. The second kappa shape index (κ2) is 18.6. The van der Waals surface area contributed by atoms with Gasteiger partial charge >= 0.3 is 0 Å². The Morgan fingerprint density at radius 3 is 1.54 bits per heavy atom. The van der Waals surface area contributed by atoms with Gasteiger partial charge in [-0.15, -0.1) is 6.58 Å². The molecule has 4 heteroatoms. The molecule has 4 nitrogen and oxygen atoms in total. The first-order valence-electron chi connectivity index (χ1n) is 11.3. The van der Waals surface area contributed by atoms with Gasteiger partial charge in [0.05, 0.1) is 30.8 Å². The normalized spacial score (nSPS) is 13.0. The maximum atomic E-state index is 6.25. The molecule has 0 saturated carbocycles. The lowest BCUT2D eigenvalue weighted by atomic mass is 9.97. The van der Waals surface area contributed by atoms with E-state index in [4.69, 9.17) is 18.9 Å². The van der Waals surface area contributed by atoms with E-state index in [1.54, 1.807) is 13.2 Å². The second-order valence-electron chi connectivity index (χ2n) is 8.22. The lowest BCUT2D eigenvalue weighted by Gasteiger charge is -2.42. The number of rotatable bonds is 16. The van der Waals surface area contributed by atoms with E-state index in [0.29, 0.717) is 6.61 Å². The van der Waals surface area contributed by atoms with Crippen molar-refractivity contribution in [3.63, 3.8) is 0 Å². The highest BCUT2D eigenvalue weighted by Crippen LogP contribution is 2.34. The number of unbranched alkanes of at least 4 members (excludes halogenated alkanes) is 5. The Labute approximate surface area is 176 Å². The molecule has 28 heavy (non-hydrogen) atoms. The molecule has 0 bridgehead atoms. The second-order valence-corrected chi connectivity index (χ2v) is 8.22. The minimum absolute atomic E-state index is 0.0152. The van der Waals surface area contributed by atoms with Crippen LogP contribution in [0.4, 0.5) is 0 Å². The van der Waals surface area contributed by atoms with E-state index in [-0.39, 0.29) is 24.2 Å². The lowest BCUT2D eigenvalue weighted by molar-refractivity contribution is -0.435. The van der Waals surface area contributed by atoms with Crippen LogP contribution in [0.2, 0.25) is 0 Å². The number of ether oxygens (including phenoxy) is 4. The maximum absolute atomic E-state index is 6.25. The van der Waals surface area contributed by atoms with Gasteiger partial charge in [-0.3, -0.25) is 0 Å². The average Bonchev–Trinajstić information content (AvgIpc) is 2.55. The fraction of sp³-hybridized carbons (Fsp3) is 0.917. The summed E-state index contributed by atoms with van der Waals surface area (Å²) in [6, 6.07) is 0. The van der Waals surface area contributed by atoms with Crippen LogP contribution in [0.5, 0.6) is 0 Å². The van der Waals surface area contributed by atoms with Crippen molar-refractivity contribution in [1.29, 1.82) is 0 Å². The summed E-state index contributed by atoms with van der Waals surface area (Å²) in [5.41, 5.74) is 0. The van der Waals surface area contributed by atoms with Crippen molar-refractivity contribution in [2.24, 2.45) is 5.92 Å². The van der Waals surface area contributed by atoms with Gasteiger partial charge in [-0.05, 0) is 54.9 Å². The molecule has 0 aliphatic rings. The highest BCUT2D eigenvalue weighted by Gasteiger charge is 2.45. The molecular formula is C24H50O4. The Hall–Kier alpha value is -0.420. The largest absolute Gasteiger partial charge is 0.384 e. The van der Waals surface area contributed by atoms with E-state index in [2.05, 4.69) is 13.5 Å². The van der Waals surface area contributed by atoms with Crippen LogP contribution in [0.15, 0.2) is 12.7 Å². The number of hydrogen-bond acceptors (Lipinski definition) is 4. The highest BCUT2D eigenvalue weighted by molar-refractivity contribution is 4.75. The molecule has 0 radical (unpaired) electrons. The van der Waals surface area contributed by atoms with Crippen LogP contribution in [-0.2, 0) is 18.9 Å². The summed E-state index contributed by atoms with van der Waals surface area (Å²) in [6.45, 7) is 20.2. The molecular weight excluding hydrogens is 352 g/mol. The van der Waals surface area contributed by atoms with Crippen molar-refractivity contribution in [3.05, 3.63) is 12.7 Å². The van der Waals surface area contributed by atoms with Gasteiger partial charge in [-0.2, -0.15) is 0 Å². The monoisotopic (exact) mass is 402 g/mol. The number of allylic oxidation sites excluding steroid dienone is 1. The van der Waals surface area contributed by atoms with Gasteiger partial charge in [0.15, 0.2) is 0 Å². The summed E-state index contributed by atoms with van der Waals surface area (Å²) >= 11 is 0. The zero-order valence-electron chi connectivity index (χ0n) is 20.4. The van der Waals surface area contributed by atoms with Crippen molar-refractivity contribution < 1.29 is 18.9 Å². The molecule has 1 unspecified atom stereocenters. The van der Waals surface area contributed by atoms with Gasteiger partial charge in [0.25, 0.3) is 5.97 Å². The van der Waals surface area contributed by atoms with Gasteiger partial charge in [0, 0.05) is 7.11 Å². The zero-order chi connectivity index (χ0) is 22.0. The predicted molar refractivity (Wildman–Crippen MR) is 121 cm³/mol. The Morgan fingerprint density at radius 2 is 1.18 bits per heavy atom. The van der Waals surface area contributed by atoms with Crippen LogP contribution in [0.3, 0.4) is 0 Å². The van der Waals surface area contributed by atoms with Gasteiger partial charge in [0.2, 0.25) is 0 Å². The van der Waals surface area contributed by atoms with Gasteiger partial charge in [-0.25, -0.2) is 0 Å². The third kappa shape index (κ3) is 15.5. The molecule has 0 saturated heterocycles. The molecule has 0 aliphatic carbocycles. The molecule has 0 aromatic rings. The van der Waals surface area contributed by atoms with Crippen molar-refractivity contribution in [2.75, 3.05) is 13.7 Å². The van der Waals surface area contributed by atoms with E-state index < -0.39 is 5.97 Å². The Kier molecular flexibility index (Phi) is 19.8. The Morgan fingerprint density at radius 1 is 0.786 bits per heavy atom. The first kappa shape index (κ1) is 29.8. The summed E-state index contributed by atoms with van der Waals surface area (Å²) in [6.07, 6.45) is 10.4. The first-order chi connectivity index (χ1) is 13.2. The molecule has 0 aliphatic heterocycles. The van der Waals surface area contributed by atoms with Crippen LogP contribution in [0.1, 0.15) is 100 Å². The van der Waals surface area contributed by atoms with Crippen LogP contribution in [0, 0.1) is 5.92 Å². The Balaban J connectivity index is 0. The van der Waals surface area contributed by atoms with E-state index in [1.165, 1.54) is 32.1 Å². The molecule has 0 aromatic carbocycles. The summed E-state index contributed by atoms with van der Waals surface area (Å²) in [7, 11) is 1.74. The van der Waals surface area contributed by atoms with Crippen LogP contribution >= 0.6 is 0 Å². The topological polar surface area (TPSA) is 36.9 Å². The maximum Gasteiger partial charge on any atom is 0.288 e.